The van der Waals surface area contributed by atoms with Crippen LogP contribution in [0, 0.1) is 0 Å². The van der Waals surface area contributed by atoms with Crippen LogP contribution in [-0.2, 0) is 11.8 Å². The fourth-order valence-electron chi connectivity index (χ4n) is 1.58. The zero-order valence-corrected chi connectivity index (χ0v) is 9.04. The summed E-state index contributed by atoms with van der Waals surface area (Å²) in [5.41, 5.74) is 6.09. The highest BCUT2D eigenvalue weighted by molar-refractivity contribution is 7.99. The van der Waals surface area contributed by atoms with Gasteiger partial charge in [-0.3, -0.25) is 0 Å². The van der Waals surface area contributed by atoms with E-state index in [2.05, 4.69) is 4.98 Å². The highest BCUT2D eigenvalue weighted by atomic mass is 32.2. The SMILES string of the molecule is Cn1ccnc1C(N)C1CSCCO1. The molecule has 0 bridgehead atoms. The summed E-state index contributed by atoms with van der Waals surface area (Å²) < 4.78 is 7.57. The molecule has 2 heterocycles. The Morgan fingerprint density at radius 1 is 1.79 bits per heavy atom. The average Bonchev–Trinajstić information content (AvgIpc) is 2.65. The van der Waals surface area contributed by atoms with E-state index in [1.54, 1.807) is 6.20 Å². The first kappa shape index (κ1) is 10.0. The van der Waals surface area contributed by atoms with E-state index in [1.807, 2.05) is 29.6 Å². The molecular formula is C9H15N3OS. The molecule has 0 saturated carbocycles. The number of hydrogen-bond acceptors (Lipinski definition) is 4. The minimum atomic E-state index is -0.109. The summed E-state index contributed by atoms with van der Waals surface area (Å²) in [5.74, 6) is 2.94. The van der Waals surface area contributed by atoms with Crippen LogP contribution in [0.4, 0.5) is 0 Å². The van der Waals surface area contributed by atoms with Crippen molar-refractivity contribution >= 4 is 11.8 Å². The molecule has 2 atom stereocenters. The Kier molecular flexibility index (Phi) is 3.10. The number of nitrogens with zero attached hydrogens (tertiary/aromatic N) is 2. The maximum Gasteiger partial charge on any atom is 0.128 e. The predicted molar refractivity (Wildman–Crippen MR) is 57.2 cm³/mol. The molecule has 1 saturated heterocycles. The number of rotatable bonds is 2. The van der Waals surface area contributed by atoms with Crippen LogP contribution in [-0.4, -0.2) is 33.8 Å². The average molecular weight is 213 g/mol. The molecule has 78 valence electrons. The van der Waals surface area contributed by atoms with Crippen LogP contribution in [0.2, 0.25) is 0 Å². The van der Waals surface area contributed by atoms with Gasteiger partial charge >= 0.3 is 0 Å². The van der Waals surface area contributed by atoms with Gasteiger partial charge < -0.3 is 15.0 Å². The fraction of sp³-hybridized carbons (Fsp3) is 0.667. The summed E-state index contributed by atoms with van der Waals surface area (Å²) in [6.45, 7) is 0.799. The number of ether oxygens (including phenoxy) is 1. The lowest BCUT2D eigenvalue weighted by Crippen LogP contribution is -2.36. The van der Waals surface area contributed by atoms with Gasteiger partial charge in [0.05, 0.1) is 18.8 Å². The first-order valence-electron chi connectivity index (χ1n) is 4.71. The van der Waals surface area contributed by atoms with Crippen LogP contribution >= 0.6 is 11.8 Å². The third-order valence-electron chi connectivity index (χ3n) is 2.40. The van der Waals surface area contributed by atoms with Crippen molar-refractivity contribution < 1.29 is 4.74 Å². The van der Waals surface area contributed by atoms with Gasteiger partial charge in [-0.25, -0.2) is 4.98 Å². The molecule has 1 aliphatic rings. The molecule has 1 aromatic heterocycles. The van der Waals surface area contributed by atoms with E-state index in [0.29, 0.717) is 0 Å². The molecule has 0 spiro atoms. The van der Waals surface area contributed by atoms with Crippen molar-refractivity contribution in [1.82, 2.24) is 9.55 Å². The minimum Gasteiger partial charge on any atom is -0.374 e. The number of aryl methyl sites for hydroxylation is 1. The summed E-state index contributed by atoms with van der Waals surface area (Å²) >= 11 is 1.89. The van der Waals surface area contributed by atoms with Crippen LogP contribution < -0.4 is 5.73 Å². The summed E-state index contributed by atoms with van der Waals surface area (Å²) in [6, 6.07) is -0.109. The predicted octanol–water partition coefficient (Wildman–Crippen LogP) is 0.552. The smallest absolute Gasteiger partial charge is 0.128 e. The van der Waals surface area contributed by atoms with Crippen LogP contribution in [0.1, 0.15) is 11.9 Å². The second kappa shape index (κ2) is 4.33. The van der Waals surface area contributed by atoms with Crippen molar-refractivity contribution in [3.8, 4) is 0 Å². The molecule has 4 nitrogen and oxygen atoms in total. The summed E-state index contributed by atoms with van der Waals surface area (Å²) in [4.78, 5) is 4.24. The zero-order chi connectivity index (χ0) is 9.97. The second-order valence-electron chi connectivity index (χ2n) is 3.41. The van der Waals surface area contributed by atoms with Crippen LogP contribution in [0.15, 0.2) is 12.4 Å². The Labute approximate surface area is 87.8 Å². The maximum absolute atomic E-state index is 6.09. The number of hydrogen-bond donors (Lipinski definition) is 1. The Hall–Kier alpha value is -0.520. The molecule has 2 unspecified atom stereocenters. The standard InChI is InChI=1S/C9H15N3OS/c1-12-3-2-11-9(12)8(10)7-6-14-5-4-13-7/h2-3,7-8H,4-6,10H2,1H3. The van der Waals surface area contributed by atoms with Crippen LogP contribution in [0.3, 0.4) is 0 Å². The van der Waals surface area contributed by atoms with Gasteiger partial charge in [-0.15, -0.1) is 0 Å². The fourth-order valence-corrected chi connectivity index (χ4v) is 2.49. The third-order valence-corrected chi connectivity index (χ3v) is 3.42. The van der Waals surface area contributed by atoms with Crippen LogP contribution in [0.5, 0.6) is 0 Å². The van der Waals surface area contributed by atoms with E-state index < -0.39 is 0 Å². The van der Waals surface area contributed by atoms with Gasteiger partial charge in [-0.05, 0) is 0 Å². The molecule has 0 amide bonds. The van der Waals surface area contributed by atoms with Crippen molar-refractivity contribution in [2.45, 2.75) is 12.1 Å². The molecule has 2 N–H and O–H groups in total. The van der Waals surface area contributed by atoms with E-state index in [1.165, 1.54) is 0 Å². The third kappa shape index (κ3) is 1.94. The molecule has 14 heavy (non-hydrogen) atoms. The number of imidazole rings is 1. The normalized spacial score (nSPS) is 24.9. The van der Waals surface area contributed by atoms with Crippen LogP contribution in [0.25, 0.3) is 0 Å². The van der Waals surface area contributed by atoms with Crippen molar-refractivity contribution in [3.63, 3.8) is 0 Å². The first-order chi connectivity index (χ1) is 6.79. The number of nitrogens with two attached hydrogens (primary N) is 1. The lowest BCUT2D eigenvalue weighted by Gasteiger charge is -2.27. The lowest BCUT2D eigenvalue weighted by atomic mass is 10.2. The molecule has 1 fully saturated rings. The van der Waals surface area contributed by atoms with Gasteiger partial charge in [0.2, 0.25) is 0 Å². The van der Waals surface area contributed by atoms with Gasteiger partial charge in [0, 0.05) is 30.9 Å². The van der Waals surface area contributed by atoms with Gasteiger partial charge in [-0.1, -0.05) is 0 Å². The van der Waals surface area contributed by atoms with Gasteiger partial charge in [0.1, 0.15) is 5.82 Å². The number of aromatic nitrogens is 2. The van der Waals surface area contributed by atoms with Crippen molar-refractivity contribution in [2.75, 3.05) is 18.1 Å². The molecule has 5 heteroatoms. The van der Waals surface area contributed by atoms with Crippen molar-refractivity contribution in [3.05, 3.63) is 18.2 Å². The zero-order valence-electron chi connectivity index (χ0n) is 8.22. The molecule has 0 radical (unpaired) electrons. The molecule has 1 aliphatic heterocycles. The van der Waals surface area contributed by atoms with E-state index in [-0.39, 0.29) is 12.1 Å². The van der Waals surface area contributed by atoms with Crippen molar-refractivity contribution in [2.24, 2.45) is 12.8 Å². The maximum atomic E-state index is 6.09. The quantitative estimate of drug-likeness (QED) is 0.779. The molecule has 1 aromatic rings. The largest absolute Gasteiger partial charge is 0.374 e. The van der Waals surface area contributed by atoms with Gasteiger partial charge in [-0.2, -0.15) is 11.8 Å². The van der Waals surface area contributed by atoms with Gasteiger partial charge in [0.25, 0.3) is 0 Å². The summed E-state index contributed by atoms with van der Waals surface area (Å²) in [7, 11) is 1.96. The minimum absolute atomic E-state index is 0.106. The van der Waals surface area contributed by atoms with Crippen molar-refractivity contribution in [1.29, 1.82) is 0 Å². The molecular weight excluding hydrogens is 198 g/mol. The highest BCUT2D eigenvalue weighted by Gasteiger charge is 2.25. The monoisotopic (exact) mass is 213 g/mol. The Morgan fingerprint density at radius 3 is 3.21 bits per heavy atom. The first-order valence-corrected chi connectivity index (χ1v) is 5.86. The molecule has 0 aromatic carbocycles. The Morgan fingerprint density at radius 2 is 2.64 bits per heavy atom. The van der Waals surface area contributed by atoms with E-state index >= 15 is 0 Å². The number of thioether (sulfide) groups is 1. The summed E-state index contributed by atoms with van der Waals surface area (Å²) in [6.07, 6.45) is 3.78. The Bertz CT molecular complexity index is 296. The molecule has 0 aliphatic carbocycles. The second-order valence-corrected chi connectivity index (χ2v) is 4.56. The summed E-state index contributed by atoms with van der Waals surface area (Å²) in [5, 5.41) is 0. The van der Waals surface area contributed by atoms with E-state index in [9.17, 15) is 0 Å². The van der Waals surface area contributed by atoms with Gasteiger partial charge in [0.15, 0.2) is 0 Å². The Balaban J connectivity index is 2.07. The van der Waals surface area contributed by atoms with E-state index in [4.69, 9.17) is 10.5 Å². The van der Waals surface area contributed by atoms with E-state index in [0.717, 1.165) is 23.9 Å². The lowest BCUT2D eigenvalue weighted by molar-refractivity contribution is 0.0543. The molecule has 2 rings (SSSR count). The topological polar surface area (TPSA) is 53.1 Å². The highest BCUT2D eigenvalue weighted by Crippen LogP contribution is 2.22.